The summed E-state index contributed by atoms with van der Waals surface area (Å²) >= 11 is 1.38. The van der Waals surface area contributed by atoms with E-state index in [0.29, 0.717) is 10.6 Å². The highest BCUT2D eigenvalue weighted by atomic mass is 32.1. The number of rotatable bonds is 4. The van der Waals surface area contributed by atoms with Crippen LogP contribution in [0.5, 0.6) is 5.75 Å². The number of para-hydroxylation sites is 1. The van der Waals surface area contributed by atoms with Crippen LogP contribution in [0.2, 0.25) is 0 Å². The molecule has 2 N–H and O–H groups in total. The van der Waals surface area contributed by atoms with Gasteiger partial charge >= 0.3 is 0 Å². The number of hydrazone groups is 1. The van der Waals surface area contributed by atoms with Crippen molar-refractivity contribution in [3.8, 4) is 11.4 Å². The molecule has 28 heavy (non-hydrogen) atoms. The van der Waals surface area contributed by atoms with Gasteiger partial charge in [0.15, 0.2) is 0 Å². The van der Waals surface area contributed by atoms with E-state index in [1.165, 1.54) is 11.3 Å². The molecule has 2 aromatic heterocycles. The van der Waals surface area contributed by atoms with Crippen molar-refractivity contribution < 1.29 is 9.90 Å². The van der Waals surface area contributed by atoms with Crippen molar-refractivity contribution in [1.82, 2.24) is 15.2 Å². The number of phenols is 1. The lowest BCUT2D eigenvalue weighted by Crippen LogP contribution is -2.18. The van der Waals surface area contributed by atoms with E-state index in [4.69, 9.17) is 0 Å². The molecule has 0 spiro atoms. The van der Waals surface area contributed by atoms with Crippen molar-refractivity contribution in [2.45, 2.75) is 13.8 Å². The summed E-state index contributed by atoms with van der Waals surface area (Å²) in [5.41, 5.74) is 5.91. The Kier molecular flexibility index (Phi) is 4.67. The fraction of sp³-hybridized carbons (Fsp3) is 0.0952. The summed E-state index contributed by atoms with van der Waals surface area (Å²) in [6, 6.07) is 18.4. The van der Waals surface area contributed by atoms with Crippen LogP contribution in [0, 0.1) is 6.92 Å². The summed E-state index contributed by atoms with van der Waals surface area (Å²) in [5, 5.41) is 19.1. The van der Waals surface area contributed by atoms with Crippen LogP contribution in [-0.2, 0) is 0 Å². The topological polar surface area (TPSA) is 79.5 Å². The lowest BCUT2D eigenvalue weighted by molar-refractivity contribution is 0.0959. The van der Waals surface area contributed by atoms with Crippen LogP contribution in [0.25, 0.3) is 15.9 Å². The average molecular weight is 390 g/mol. The lowest BCUT2D eigenvalue weighted by atomic mass is 10.1. The van der Waals surface area contributed by atoms with Gasteiger partial charge in [-0.3, -0.25) is 4.79 Å². The minimum atomic E-state index is -0.265. The van der Waals surface area contributed by atoms with Gasteiger partial charge in [0.1, 0.15) is 10.6 Å². The van der Waals surface area contributed by atoms with Gasteiger partial charge in [-0.25, -0.2) is 10.1 Å². The molecule has 0 unspecified atom stereocenters. The lowest BCUT2D eigenvalue weighted by Gasteiger charge is -2.02. The first kappa shape index (κ1) is 17.9. The van der Waals surface area contributed by atoms with E-state index in [0.717, 1.165) is 27.2 Å². The SMILES string of the molecule is C/C(=N\NC(=O)c1cc2c(C)nn(-c3ccccc3)c2s1)c1ccc(O)cc1. The van der Waals surface area contributed by atoms with Gasteiger partial charge in [0.2, 0.25) is 0 Å². The van der Waals surface area contributed by atoms with Crippen LogP contribution in [0.4, 0.5) is 0 Å². The summed E-state index contributed by atoms with van der Waals surface area (Å²) in [7, 11) is 0. The van der Waals surface area contributed by atoms with E-state index in [2.05, 4.69) is 15.6 Å². The number of phenolic OH excluding ortho intramolecular Hbond substituents is 1. The zero-order valence-electron chi connectivity index (χ0n) is 15.4. The molecule has 0 saturated carbocycles. The van der Waals surface area contributed by atoms with Gasteiger partial charge in [-0.15, -0.1) is 11.3 Å². The van der Waals surface area contributed by atoms with Crippen LogP contribution in [0.1, 0.15) is 27.9 Å². The molecule has 0 aliphatic carbocycles. The Balaban J connectivity index is 1.60. The highest BCUT2D eigenvalue weighted by molar-refractivity contribution is 7.20. The van der Waals surface area contributed by atoms with Crippen molar-refractivity contribution in [3.63, 3.8) is 0 Å². The predicted molar refractivity (Wildman–Crippen MR) is 111 cm³/mol. The summed E-state index contributed by atoms with van der Waals surface area (Å²) < 4.78 is 1.86. The molecule has 4 rings (SSSR count). The molecule has 1 amide bonds. The zero-order chi connectivity index (χ0) is 19.7. The monoisotopic (exact) mass is 390 g/mol. The fourth-order valence-corrected chi connectivity index (χ4v) is 3.93. The summed E-state index contributed by atoms with van der Waals surface area (Å²) in [4.78, 5) is 14.1. The third-order valence-corrected chi connectivity index (χ3v) is 5.49. The zero-order valence-corrected chi connectivity index (χ0v) is 16.2. The molecule has 0 aliphatic heterocycles. The molecule has 140 valence electrons. The molecule has 0 radical (unpaired) electrons. The minimum Gasteiger partial charge on any atom is -0.508 e. The maximum atomic E-state index is 12.6. The number of carbonyl (C=O) groups is 1. The molecule has 0 bridgehead atoms. The Hall–Kier alpha value is -3.45. The molecule has 2 aromatic carbocycles. The third-order valence-electron chi connectivity index (χ3n) is 4.38. The second kappa shape index (κ2) is 7.28. The van der Waals surface area contributed by atoms with Gasteiger partial charge in [-0.2, -0.15) is 10.2 Å². The maximum Gasteiger partial charge on any atom is 0.281 e. The Morgan fingerprint density at radius 1 is 1.14 bits per heavy atom. The second-order valence-corrected chi connectivity index (χ2v) is 7.38. The molecular weight excluding hydrogens is 372 g/mol. The van der Waals surface area contributed by atoms with Crippen molar-refractivity contribution >= 4 is 33.2 Å². The second-order valence-electron chi connectivity index (χ2n) is 6.35. The number of aryl methyl sites for hydroxylation is 1. The standard InChI is InChI=1S/C21H18N4O2S/c1-13(15-8-10-17(26)11-9-15)22-23-20(27)19-12-18-14(2)24-25(21(18)28-19)16-6-4-3-5-7-16/h3-12,26H,1-2H3,(H,23,27)/b22-13+. The highest BCUT2D eigenvalue weighted by Gasteiger charge is 2.17. The molecule has 0 atom stereocenters. The smallest absolute Gasteiger partial charge is 0.281 e. The average Bonchev–Trinajstić information content (AvgIpc) is 3.28. The van der Waals surface area contributed by atoms with Gasteiger partial charge in [-0.1, -0.05) is 18.2 Å². The van der Waals surface area contributed by atoms with Gasteiger partial charge < -0.3 is 5.11 Å². The van der Waals surface area contributed by atoms with Gasteiger partial charge in [0.25, 0.3) is 5.91 Å². The Morgan fingerprint density at radius 2 is 1.86 bits per heavy atom. The first-order chi connectivity index (χ1) is 13.5. The largest absolute Gasteiger partial charge is 0.508 e. The van der Waals surface area contributed by atoms with E-state index in [1.54, 1.807) is 31.2 Å². The van der Waals surface area contributed by atoms with Gasteiger partial charge in [0.05, 0.1) is 22.0 Å². The number of aromatic nitrogens is 2. The minimum absolute atomic E-state index is 0.189. The highest BCUT2D eigenvalue weighted by Crippen LogP contribution is 2.30. The number of fused-ring (bicyclic) bond motifs is 1. The number of amides is 1. The summed E-state index contributed by atoms with van der Waals surface area (Å²) in [6.07, 6.45) is 0. The first-order valence-corrected chi connectivity index (χ1v) is 9.53. The number of benzene rings is 2. The number of nitrogens with one attached hydrogen (secondary N) is 1. The predicted octanol–water partition coefficient (Wildman–Crippen LogP) is 4.26. The molecule has 0 fully saturated rings. The van der Waals surface area contributed by atoms with Crippen LogP contribution >= 0.6 is 11.3 Å². The van der Waals surface area contributed by atoms with Crippen LogP contribution in [-0.4, -0.2) is 26.5 Å². The maximum absolute atomic E-state index is 12.6. The van der Waals surface area contributed by atoms with E-state index >= 15 is 0 Å². The molecule has 7 heteroatoms. The van der Waals surface area contributed by atoms with Gasteiger partial charge in [-0.05, 0) is 61.9 Å². The number of hydrogen-bond acceptors (Lipinski definition) is 5. The fourth-order valence-electron chi connectivity index (χ4n) is 2.86. The summed E-state index contributed by atoms with van der Waals surface area (Å²) in [6.45, 7) is 3.73. The van der Waals surface area contributed by atoms with E-state index in [1.807, 2.05) is 48.0 Å². The van der Waals surface area contributed by atoms with Crippen molar-refractivity contribution in [2.75, 3.05) is 0 Å². The third kappa shape index (κ3) is 3.39. The molecule has 0 saturated heterocycles. The number of aromatic hydroxyl groups is 1. The van der Waals surface area contributed by atoms with E-state index in [9.17, 15) is 9.90 Å². The normalized spacial score (nSPS) is 11.7. The number of nitrogens with zero attached hydrogens (tertiary/aromatic N) is 3. The van der Waals surface area contributed by atoms with E-state index < -0.39 is 0 Å². The van der Waals surface area contributed by atoms with Crippen molar-refractivity contribution in [3.05, 3.63) is 76.8 Å². The first-order valence-electron chi connectivity index (χ1n) is 8.71. The molecule has 2 heterocycles. The molecule has 6 nitrogen and oxygen atoms in total. The number of carbonyl (C=O) groups excluding carboxylic acids is 1. The van der Waals surface area contributed by atoms with Gasteiger partial charge in [0, 0.05) is 5.39 Å². The number of thiophene rings is 1. The Labute approximate surface area is 165 Å². The Bertz CT molecular complexity index is 1170. The quantitative estimate of drug-likeness (QED) is 0.404. The summed E-state index contributed by atoms with van der Waals surface area (Å²) in [5.74, 6) is -0.0768. The Morgan fingerprint density at radius 3 is 2.57 bits per heavy atom. The molecular formula is C21H18N4O2S. The van der Waals surface area contributed by atoms with Crippen molar-refractivity contribution in [1.29, 1.82) is 0 Å². The van der Waals surface area contributed by atoms with Crippen LogP contribution < -0.4 is 5.43 Å². The van der Waals surface area contributed by atoms with Crippen molar-refractivity contribution in [2.24, 2.45) is 5.10 Å². The number of hydrogen-bond donors (Lipinski definition) is 2. The van der Waals surface area contributed by atoms with E-state index in [-0.39, 0.29) is 11.7 Å². The van der Waals surface area contributed by atoms with Crippen LogP contribution in [0.3, 0.4) is 0 Å². The molecule has 0 aliphatic rings. The van der Waals surface area contributed by atoms with Crippen LogP contribution in [0.15, 0.2) is 65.8 Å². The molecule has 4 aromatic rings.